The summed E-state index contributed by atoms with van der Waals surface area (Å²) in [5.41, 5.74) is -5.06. The molecule has 2 aliphatic carbocycles. The van der Waals surface area contributed by atoms with Crippen molar-refractivity contribution >= 4 is 5.91 Å². The molecule has 2 nitrogen and oxygen atoms in total. The lowest BCUT2D eigenvalue weighted by Crippen LogP contribution is -2.41. The number of halogens is 7. The van der Waals surface area contributed by atoms with Gasteiger partial charge >= 0.3 is 12.4 Å². The minimum absolute atomic E-state index is 0.0581. The Morgan fingerprint density at radius 3 is 2.10 bits per heavy atom. The molecular formula is C20H22F7NO. The molecule has 2 aliphatic rings. The van der Waals surface area contributed by atoms with Crippen LogP contribution in [0.2, 0.25) is 0 Å². The van der Waals surface area contributed by atoms with Crippen molar-refractivity contribution in [1.82, 2.24) is 5.32 Å². The fourth-order valence-corrected chi connectivity index (χ4v) is 4.76. The third kappa shape index (κ3) is 4.86. The van der Waals surface area contributed by atoms with E-state index in [1.54, 1.807) is 0 Å². The molecule has 162 valence electrons. The van der Waals surface area contributed by atoms with Gasteiger partial charge in [0.25, 0.3) is 5.91 Å². The highest BCUT2D eigenvalue weighted by Gasteiger charge is 2.42. The van der Waals surface area contributed by atoms with Gasteiger partial charge in [-0.3, -0.25) is 4.79 Å². The van der Waals surface area contributed by atoms with Crippen LogP contribution in [0.15, 0.2) is 12.1 Å². The topological polar surface area (TPSA) is 29.1 Å². The van der Waals surface area contributed by atoms with Crippen molar-refractivity contribution in [2.45, 2.75) is 69.8 Å². The highest BCUT2D eigenvalue weighted by molar-refractivity contribution is 5.96. The lowest BCUT2D eigenvalue weighted by atomic mass is 9.77. The number of alkyl halides is 6. The zero-order chi connectivity index (χ0) is 21.4. The van der Waals surface area contributed by atoms with Crippen LogP contribution in [-0.2, 0) is 12.4 Å². The van der Waals surface area contributed by atoms with Gasteiger partial charge in [0, 0.05) is 6.04 Å². The summed E-state index contributed by atoms with van der Waals surface area (Å²) in [6.45, 7) is 0. The molecule has 0 bridgehead atoms. The van der Waals surface area contributed by atoms with Gasteiger partial charge in [-0.2, -0.15) is 26.3 Å². The molecule has 1 aromatic carbocycles. The Hall–Kier alpha value is -1.80. The molecule has 1 aromatic rings. The second-order valence-electron chi connectivity index (χ2n) is 7.95. The number of amides is 1. The van der Waals surface area contributed by atoms with Crippen molar-refractivity contribution in [3.05, 3.63) is 34.6 Å². The summed E-state index contributed by atoms with van der Waals surface area (Å²) in [6, 6.07) is -0.656. The molecule has 2 saturated carbocycles. The van der Waals surface area contributed by atoms with Gasteiger partial charge in [0.15, 0.2) is 0 Å². The fourth-order valence-electron chi connectivity index (χ4n) is 4.76. The molecule has 0 aromatic heterocycles. The van der Waals surface area contributed by atoms with Crippen LogP contribution in [0.25, 0.3) is 0 Å². The smallest absolute Gasteiger partial charge is 0.349 e. The summed E-state index contributed by atoms with van der Waals surface area (Å²) in [5.74, 6) is -2.67. The zero-order valence-electron chi connectivity index (χ0n) is 15.6. The Balaban J connectivity index is 1.88. The van der Waals surface area contributed by atoms with Gasteiger partial charge in [-0.05, 0) is 36.8 Å². The van der Waals surface area contributed by atoms with Crippen molar-refractivity contribution < 1.29 is 35.5 Å². The molecule has 0 aliphatic heterocycles. The van der Waals surface area contributed by atoms with Gasteiger partial charge in [0.2, 0.25) is 0 Å². The third-order valence-corrected chi connectivity index (χ3v) is 6.09. The Morgan fingerprint density at radius 1 is 0.862 bits per heavy atom. The molecule has 0 unspecified atom stereocenters. The van der Waals surface area contributed by atoms with E-state index in [-0.39, 0.29) is 18.1 Å². The molecule has 0 saturated heterocycles. The average Bonchev–Trinajstić information content (AvgIpc) is 3.08. The monoisotopic (exact) mass is 425 g/mol. The Morgan fingerprint density at radius 2 is 1.52 bits per heavy atom. The van der Waals surface area contributed by atoms with Crippen molar-refractivity contribution in [2.75, 3.05) is 0 Å². The standard InChI is InChI=1S/C20H22F7NO/c21-15-10-12(19(22,23)24)9-14(20(25,26)27)17(15)18(29)28-16-8-4-7-13(16)11-5-2-1-3-6-11/h9-11,13,16H,1-8H2,(H,28,29)/t13-,16-/m0/s1. The van der Waals surface area contributed by atoms with Crippen LogP contribution in [0.4, 0.5) is 30.7 Å². The number of benzene rings is 1. The number of nitrogens with one attached hydrogen (secondary N) is 1. The van der Waals surface area contributed by atoms with Crippen LogP contribution in [-0.4, -0.2) is 11.9 Å². The van der Waals surface area contributed by atoms with Crippen LogP contribution < -0.4 is 5.32 Å². The van der Waals surface area contributed by atoms with Gasteiger partial charge in [-0.1, -0.05) is 38.5 Å². The summed E-state index contributed by atoms with van der Waals surface area (Å²) in [7, 11) is 0. The molecule has 2 fully saturated rings. The molecule has 1 amide bonds. The maximum atomic E-state index is 14.3. The highest BCUT2D eigenvalue weighted by atomic mass is 19.4. The lowest BCUT2D eigenvalue weighted by Gasteiger charge is -2.32. The van der Waals surface area contributed by atoms with E-state index in [2.05, 4.69) is 5.32 Å². The van der Waals surface area contributed by atoms with Crippen LogP contribution in [0.5, 0.6) is 0 Å². The van der Waals surface area contributed by atoms with Crippen molar-refractivity contribution in [1.29, 1.82) is 0 Å². The van der Waals surface area contributed by atoms with E-state index < -0.39 is 46.8 Å². The van der Waals surface area contributed by atoms with Crippen LogP contribution in [0.1, 0.15) is 72.9 Å². The van der Waals surface area contributed by atoms with Crippen molar-refractivity contribution in [3.63, 3.8) is 0 Å². The third-order valence-electron chi connectivity index (χ3n) is 6.09. The van der Waals surface area contributed by atoms with E-state index in [4.69, 9.17) is 0 Å². The van der Waals surface area contributed by atoms with Gasteiger partial charge < -0.3 is 5.32 Å². The van der Waals surface area contributed by atoms with E-state index in [0.29, 0.717) is 12.3 Å². The normalized spacial score (nSPS) is 24.0. The van der Waals surface area contributed by atoms with Crippen molar-refractivity contribution in [3.8, 4) is 0 Å². The van der Waals surface area contributed by atoms with Crippen LogP contribution >= 0.6 is 0 Å². The van der Waals surface area contributed by atoms with E-state index in [1.807, 2.05) is 0 Å². The number of carbonyl (C=O) groups is 1. The SMILES string of the molecule is O=C(N[C@H]1CCC[C@H]1C1CCCCC1)c1c(F)cc(C(F)(F)F)cc1C(F)(F)F. The van der Waals surface area contributed by atoms with Crippen LogP contribution in [0, 0.1) is 17.7 Å². The van der Waals surface area contributed by atoms with E-state index in [0.717, 1.165) is 44.9 Å². The molecule has 0 radical (unpaired) electrons. The summed E-state index contributed by atoms with van der Waals surface area (Å²) in [4.78, 5) is 12.5. The van der Waals surface area contributed by atoms with Crippen molar-refractivity contribution in [2.24, 2.45) is 11.8 Å². The molecule has 0 spiro atoms. The first-order valence-electron chi connectivity index (χ1n) is 9.77. The summed E-state index contributed by atoms with van der Waals surface area (Å²) >= 11 is 0. The first-order chi connectivity index (χ1) is 13.5. The average molecular weight is 425 g/mol. The molecule has 1 N–H and O–H groups in total. The maximum absolute atomic E-state index is 14.3. The molecule has 29 heavy (non-hydrogen) atoms. The zero-order valence-corrected chi connectivity index (χ0v) is 15.6. The Kier molecular flexibility index (Phi) is 6.15. The second kappa shape index (κ2) is 8.14. The quantitative estimate of drug-likeness (QED) is 0.563. The maximum Gasteiger partial charge on any atom is 0.417 e. The molecule has 9 heteroatoms. The number of hydrogen-bond donors (Lipinski definition) is 1. The Labute approximate surface area is 163 Å². The fraction of sp³-hybridized carbons (Fsp3) is 0.650. The second-order valence-corrected chi connectivity index (χ2v) is 7.95. The van der Waals surface area contributed by atoms with Gasteiger partial charge in [0.1, 0.15) is 5.82 Å². The van der Waals surface area contributed by atoms with Gasteiger partial charge in [-0.15, -0.1) is 0 Å². The number of rotatable bonds is 3. The molecular weight excluding hydrogens is 403 g/mol. The highest BCUT2D eigenvalue weighted by Crippen LogP contribution is 2.41. The minimum Gasteiger partial charge on any atom is -0.349 e. The first kappa shape index (κ1) is 21.9. The molecule has 0 heterocycles. The first-order valence-corrected chi connectivity index (χ1v) is 9.77. The van der Waals surface area contributed by atoms with E-state index >= 15 is 0 Å². The summed E-state index contributed by atoms with van der Waals surface area (Å²) in [6.07, 6.45) is -3.03. The number of hydrogen-bond acceptors (Lipinski definition) is 1. The lowest BCUT2D eigenvalue weighted by molar-refractivity contribution is -0.143. The molecule has 3 rings (SSSR count). The van der Waals surface area contributed by atoms with E-state index in [1.165, 1.54) is 0 Å². The molecule has 2 atom stereocenters. The van der Waals surface area contributed by atoms with E-state index in [9.17, 15) is 35.5 Å². The Bertz CT molecular complexity index is 750. The summed E-state index contributed by atoms with van der Waals surface area (Å²) < 4.78 is 92.7. The minimum atomic E-state index is -5.30. The van der Waals surface area contributed by atoms with Gasteiger partial charge in [0.05, 0.1) is 16.7 Å². The number of carbonyl (C=O) groups excluding carboxylic acids is 1. The predicted octanol–water partition coefficient (Wildman–Crippen LogP) is 6.34. The summed E-state index contributed by atoms with van der Waals surface area (Å²) in [5, 5.41) is 2.49. The predicted molar refractivity (Wildman–Crippen MR) is 91.6 cm³/mol. The largest absolute Gasteiger partial charge is 0.417 e. The van der Waals surface area contributed by atoms with Crippen LogP contribution in [0.3, 0.4) is 0 Å². The van der Waals surface area contributed by atoms with Gasteiger partial charge in [-0.25, -0.2) is 4.39 Å².